The molecule has 22 heavy (non-hydrogen) atoms. The summed E-state index contributed by atoms with van der Waals surface area (Å²) >= 11 is 3.43. The largest absolute Gasteiger partial charge is 0.372 e. The average molecular weight is 359 g/mol. The molecule has 2 amide bonds. The fourth-order valence-corrected chi connectivity index (χ4v) is 2.88. The van der Waals surface area contributed by atoms with Crippen molar-refractivity contribution in [3.8, 4) is 0 Å². The lowest BCUT2D eigenvalue weighted by atomic mass is 10.2. The molecule has 4 nitrogen and oxygen atoms in total. The van der Waals surface area contributed by atoms with Crippen LogP contribution >= 0.6 is 15.9 Å². The number of benzene rings is 2. The van der Waals surface area contributed by atoms with Crippen molar-refractivity contribution in [1.29, 1.82) is 0 Å². The normalized spacial score (nSPS) is 17.9. The lowest BCUT2D eigenvalue weighted by Crippen LogP contribution is -2.34. The van der Waals surface area contributed by atoms with Crippen LogP contribution in [0.15, 0.2) is 53.0 Å². The molecule has 1 aliphatic heterocycles. The van der Waals surface area contributed by atoms with Gasteiger partial charge in [0.25, 0.3) is 5.91 Å². The molecule has 1 atom stereocenters. The van der Waals surface area contributed by atoms with Crippen molar-refractivity contribution >= 4 is 39.1 Å². The molecule has 2 aromatic carbocycles. The summed E-state index contributed by atoms with van der Waals surface area (Å²) in [5, 5.41) is 3.14. The maximum Gasteiger partial charge on any atom is 0.256 e. The van der Waals surface area contributed by atoms with Crippen LogP contribution in [0.3, 0.4) is 0 Å². The number of nitrogens with zero attached hydrogens (tertiary/aromatic N) is 1. The van der Waals surface area contributed by atoms with Crippen molar-refractivity contribution in [3.05, 3.63) is 58.6 Å². The summed E-state index contributed by atoms with van der Waals surface area (Å²) < 4.78 is 0.865. The van der Waals surface area contributed by atoms with Gasteiger partial charge in [0.15, 0.2) is 0 Å². The number of carbonyl (C=O) groups excluding carboxylic acids is 2. The zero-order valence-electron chi connectivity index (χ0n) is 12.0. The Morgan fingerprint density at radius 1 is 1.09 bits per heavy atom. The van der Waals surface area contributed by atoms with E-state index in [1.807, 2.05) is 43.3 Å². The Hall–Kier alpha value is -2.14. The third-order valence-corrected chi connectivity index (χ3v) is 4.33. The van der Waals surface area contributed by atoms with E-state index in [0.29, 0.717) is 5.69 Å². The first-order valence-electron chi connectivity index (χ1n) is 7.01. The highest BCUT2D eigenvalue weighted by molar-refractivity contribution is 9.10. The van der Waals surface area contributed by atoms with Gasteiger partial charge in [-0.2, -0.15) is 0 Å². The van der Waals surface area contributed by atoms with Crippen LogP contribution < -0.4 is 10.2 Å². The van der Waals surface area contributed by atoms with Gasteiger partial charge in [-0.15, -0.1) is 0 Å². The second kappa shape index (κ2) is 5.93. The maximum atomic E-state index is 12.5. The number of halogens is 1. The highest BCUT2D eigenvalue weighted by Gasteiger charge is 2.39. The Balaban J connectivity index is 1.82. The van der Waals surface area contributed by atoms with E-state index < -0.39 is 6.04 Å². The monoisotopic (exact) mass is 358 g/mol. The molecule has 0 aliphatic carbocycles. The second-order valence-electron chi connectivity index (χ2n) is 5.28. The molecule has 0 spiro atoms. The summed E-state index contributed by atoms with van der Waals surface area (Å²) in [4.78, 5) is 26.0. The number of hydrogen-bond donors (Lipinski definition) is 1. The third kappa shape index (κ3) is 2.76. The van der Waals surface area contributed by atoms with Crippen molar-refractivity contribution in [2.75, 3.05) is 10.2 Å². The molecule has 0 aromatic heterocycles. The zero-order valence-corrected chi connectivity index (χ0v) is 13.6. The fraction of sp³-hybridized carbons (Fsp3) is 0.176. The van der Waals surface area contributed by atoms with Crippen LogP contribution in [0.2, 0.25) is 0 Å². The number of nitrogens with one attached hydrogen (secondary N) is 1. The molecule has 1 aliphatic rings. The molecule has 112 valence electrons. The molecular weight excluding hydrogens is 344 g/mol. The first-order valence-corrected chi connectivity index (χ1v) is 7.80. The topological polar surface area (TPSA) is 49.4 Å². The highest BCUT2D eigenvalue weighted by Crippen LogP contribution is 2.28. The third-order valence-electron chi connectivity index (χ3n) is 3.64. The van der Waals surface area contributed by atoms with Crippen LogP contribution in [0.4, 0.5) is 11.4 Å². The summed E-state index contributed by atoms with van der Waals surface area (Å²) in [6.07, 6.45) is 0.161. The molecule has 5 heteroatoms. The minimum absolute atomic E-state index is 0.161. The number of carbonyl (C=O) groups is 2. The summed E-state index contributed by atoms with van der Waals surface area (Å²) in [6, 6.07) is 14.4. The standard InChI is InChI=1S/C17H15BrN2O2/c1-11-6-8-12(9-7-11)20-16(21)10-15(17(20)22)19-14-5-3-2-4-13(14)18/h2-9,15,19H,10H2,1H3. The number of rotatable bonds is 3. The smallest absolute Gasteiger partial charge is 0.256 e. The molecule has 3 rings (SSSR count). The van der Waals surface area contributed by atoms with E-state index in [2.05, 4.69) is 21.2 Å². The SMILES string of the molecule is Cc1ccc(N2C(=O)CC(Nc3ccccc3Br)C2=O)cc1. The predicted molar refractivity (Wildman–Crippen MR) is 89.8 cm³/mol. The van der Waals surface area contributed by atoms with Crippen LogP contribution in [0, 0.1) is 6.92 Å². The molecule has 1 heterocycles. The Morgan fingerprint density at radius 2 is 1.77 bits per heavy atom. The second-order valence-corrected chi connectivity index (χ2v) is 6.14. The lowest BCUT2D eigenvalue weighted by Gasteiger charge is -2.16. The van der Waals surface area contributed by atoms with Gasteiger partial charge < -0.3 is 5.32 Å². The first kappa shape index (κ1) is 14.8. The number of anilines is 2. The van der Waals surface area contributed by atoms with Gasteiger partial charge in [0.05, 0.1) is 12.1 Å². The highest BCUT2D eigenvalue weighted by atomic mass is 79.9. The van der Waals surface area contributed by atoms with E-state index in [1.54, 1.807) is 12.1 Å². The molecule has 0 radical (unpaired) electrons. The maximum absolute atomic E-state index is 12.5. The number of imide groups is 1. The first-order chi connectivity index (χ1) is 10.6. The molecule has 1 fully saturated rings. The van der Waals surface area contributed by atoms with Crippen LogP contribution in [0.25, 0.3) is 0 Å². The number of amides is 2. The number of para-hydroxylation sites is 1. The number of hydrogen-bond acceptors (Lipinski definition) is 3. The van der Waals surface area contributed by atoms with Gasteiger partial charge in [-0.1, -0.05) is 29.8 Å². The van der Waals surface area contributed by atoms with Crippen molar-refractivity contribution < 1.29 is 9.59 Å². The van der Waals surface area contributed by atoms with Crippen molar-refractivity contribution in [1.82, 2.24) is 0 Å². The summed E-state index contributed by atoms with van der Waals surface area (Å²) in [5.41, 5.74) is 2.52. The van der Waals surface area contributed by atoms with Gasteiger partial charge in [0.1, 0.15) is 6.04 Å². The molecule has 1 saturated heterocycles. The molecule has 1 unspecified atom stereocenters. The van der Waals surface area contributed by atoms with E-state index in [9.17, 15) is 9.59 Å². The van der Waals surface area contributed by atoms with Gasteiger partial charge in [0.2, 0.25) is 5.91 Å². The van der Waals surface area contributed by atoms with Gasteiger partial charge in [0, 0.05) is 10.2 Å². The van der Waals surface area contributed by atoms with Crippen molar-refractivity contribution in [3.63, 3.8) is 0 Å². The summed E-state index contributed by atoms with van der Waals surface area (Å²) in [6.45, 7) is 1.97. The molecule has 0 saturated carbocycles. The fourth-order valence-electron chi connectivity index (χ4n) is 2.48. The number of aryl methyl sites for hydroxylation is 1. The van der Waals surface area contributed by atoms with E-state index in [4.69, 9.17) is 0 Å². The lowest BCUT2D eigenvalue weighted by molar-refractivity contribution is -0.121. The minimum Gasteiger partial charge on any atom is -0.372 e. The Morgan fingerprint density at radius 3 is 2.45 bits per heavy atom. The van der Waals surface area contributed by atoms with E-state index >= 15 is 0 Å². The van der Waals surface area contributed by atoms with E-state index in [0.717, 1.165) is 15.7 Å². The Bertz CT molecular complexity index is 728. The predicted octanol–water partition coefficient (Wildman–Crippen LogP) is 3.50. The Kier molecular flexibility index (Phi) is 3.98. The summed E-state index contributed by atoms with van der Waals surface area (Å²) in [7, 11) is 0. The van der Waals surface area contributed by atoms with Crippen LogP contribution in [0.1, 0.15) is 12.0 Å². The van der Waals surface area contributed by atoms with Crippen LogP contribution in [-0.2, 0) is 9.59 Å². The van der Waals surface area contributed by atoms with Crippen LogP contribution in [-0.4, -0.2) is 17.9 Å². The van der Waals surface area contributed by atoms with Crippen molar-refractivity contribution in [2.45, 2.75) is 19.4 Å². The summed E-state index contributed by atoms with van der Waals surface area (Å²) in [5.74, 6) is -0.400. The molecule has 1 N–H and O–H groups in total. The quantitative estimate of drug-likeness (QED) is 0.854. The van der Waals surface area contributed by atoms with Gasteiger partial charge >= 0.3 is 0 Å². The molecular formula is C17H15BrN2O2. The minimum atomic E-state index is -0.535. The van der Waals surface area contributed by atoms with Gasteiger partial charge in [-0.05, 0) is 47.1 Å². The zero-order chi connectivity index (χ0) is 15.7. The molecule has 0 bridgehead atoms. The van der Waals surface area contributed by atoms with Crippen molar-refractivity contribution in [2.24, 2.45) is 0 Å². The van der Waals surface area contributed by atoms with Gasteiger partial charge in [-0.3, -0.25) is 9.59 Å². The average Bonchev–Trinajstić information content (AvgIpc) is 2.77. The van der Waals surface area contributed by atoms with E-state index in [-0.39, 0.29) is 18.2 Å². The Labute approximate surface area is 137 Å². The molecule has 2 aromatic rings. The van der Waals surface area contributed by atoms with Gasteiger partial charge in [-0.25, -0.2) is 4.90 Å². The van der Waals surface area contributed by atoms with E-state index in [1.165, 1.54) is 4.90 Å². The van der Waals surface area contributed by atoms with Crippen LogP contribution in [0.5, 0.6) is 0 Å².